The number of carbonyl (C=O) groups excluding carboxylic acids is 1. The number of carboxylic acid groups (broad SMARTS) is 1. The Morgan fingerprint density at radius 1 is 1.35 bits per heavy atom. The molecule has 0 fully saturated rings. The van der Waals surface area contributed by atoms with Crippen LogP contribution in [0.15, 0.2) is 24.3 Å². The normalized spacial score (nSPS) is 14.4. The molecule has 0 saturated heterocycles. The van der Waals surface area contributed by atoms with E-state index in [9.17, 15) is 9.59 Å². The lowest BCUT2D eigenvalue weighted by molar-refractivity contribution is -0.145. The van der Waals surface area contributed by atoms with Crippen LogP contribution in [-0.2, 0) is 16.0 Å². The van der Waals surface area contributed by atoms with Gasteiger partial charge in [0.2, 0.25) is 5.91 Å². The largest absolute Gasteiger partial charge is 0.481 e. The van der Waals surface area contributed by atoms with Crippen molar-refractivity contribution in [2.45, 2.75) is 38.8 Å². The first kappa shape index (κ1) is 18.7. The first-order valence-electron chi connectivity index (χ1n) is 7.47. The van der Waals surface area contributed by atoms with Crippen LogP contribution in [0.5, 0.6) is 0 Å². The number of likely N-dealkylation sites (N-methyl/N-ethyl adjacent to an activating group) is 1. The van der Waals surface area contributed by atoms with E-state index < -0.39 is 11.9 Å². The van der Waals surface area contributed by atoms with Crippen molar-refractivity contribution in [2.75, 3.05) is 7.05 Å². The van der Waals surface area contributed by atoms with Crippen LogP contribution in [0.25, 0.3) is 4.85 Å². The molecule has 23 heavy (non-hydrogen) atoms. The van der Waals surface area contributed by atoms with E-state index in [1.54, 1.807) is 38.2 Å². The summed E-state index contributed by atoms with van der Waals surface area (Å²) in [5, 5.41) is 9.11. The quantitative estimate of drug-likeness (QED) is 0.754. The maximum atomic E-state index is 12.7. The van der Waals surface area contributed by atoms with E-state index >= 15 is 0 Å². The minimum absolute atomic E-state index is 0.199. The summed E-state index contributed by atoms with van der Waals surface area (Å²) in [6.45, 7) is 10.8. The van der Waals surface area contributed by atoms with Gasteiger partial charge in [0.1, 0.15) is 0 Å². The molecular formula is C17H23N3O3. The fourth-order valence-electron chi connectivity index (χ4n) is 2.36. The van der Waals surface area contributed by atoms with Crippen molar-refractivity contribution in [1.29, 1.82) is 0 Å². The lowest BCUT2D eigenvalue weighted by Gasteiger charge is -2.31. The summed E-state index contributed by atoms with van der Waals surface area (Å²) in [4.78, 5) is 28.7. The van der Waals surface area contributed by atoms with Crippen molar-refractivity contribution < 1.29 is 14.7 Å². The van der Waals surface area contributed by atoms with Crippen LogP contribution in [0.3, 0.4) is 0 Å². The third-order valence-electron chi connectivity index (χ3n) is 4.07. The lowest BCUT2D eigenvalue weighted by atomic mass is 9.93. The molecule has 0 saturated carbocycles. The summed E-state index contributed by atoms with van der Waals surface area (Å²) in [5.74, 6) is -2.02. The minimum Gasteiger partial charge on any atom is -0.481 e. The number of benzene rings is 1. The SMILES string of the molecule is [C-]#[N+]c1ccccc1C[C@H](CC(=O)O)C(=O)N(C)[C@@H](C)[C@H](C)N. The number of amides is 1. The Morgan fingerprint density at radius 3 is 2.48 bits per heavy atom. The molecular weight excluding hydrogens is 294 g/mol. The van der Waals surface area contributed by atoms with Gasteiger partial charge in [-0.25, -0.2) is 4.85 Å². The van der Waals surface area contributed by atoms with Gasteiger partial charge in [-0.2, -0.15) is 0 Å². The number of hydrogen-bond donors (Lipinski definition) is 2. The number of aliphatic carboxylic acids is 1. The van der Waals surface area contributed by atoms with Crippen molar-refractivity contribution in [3.8, 4) is 0 Å². The molecule has 0 aliphatic rings. The van der Waals surface area contributed by atoms with Crippen molar-refractivity contribution in [1.82, 2.24) is 4.90 Å². The van der Waals surface area contributed by atoms with Crippen molar-refractivity contribution in [3.63, 3.8) is 0 Å². The Bertz CT molecular complexity index is 607. The molecule has 0 spiro atoms. The van der Waals surface area contributed by atoms with Gasteiger partial charge in [-0.15, -0.1) is 0 Å². The highest BCUT2D eigenvalue weighted by atomic mass is 16.4. The van der Waals surface area contributed by atoms with Gasteiger partial charge in [0.05, 0.1) is 18.9 Å². The maximum Gasteiger partial charge on any atom is 0.304 e. The molecule has 0 aliphatic carbocycles. The monoisotopic (exact) mass is 317 g/mol. The maximum absolute atomic E-state index is 12.7. The summed E-state index contributed by atoms with van der Waals surface area (Å²) in [5.41, 5.74) is 6.95. The van der Waals surface area contributed by atoms with E-state index in [1.165, 1.54) is 4.90 Å². The molecule has 3 N–H and O–H groups in total. The molecule has 6 heteroatoms. The molecule has 0 heterocycles. The zero-order chi connectivity index (χ0) is 17.6. The molecule has 124 valence electrons. The molecule has 0 bridgehead atoms. The zero-order valence-electron chi connectivity index (χ0n) is 13.7. The van der Waals surface area contributed by atoms with Gasteiger partial charge in [0.25, 0.3) is 0 Å². The third-order valence-corrected chi connectivity index (χ3v) is 4.07. The molecule has 1 rings (SSSR count). The predicted octanol–water partition coefficient (Wildman–Crippen LogP) is 2.06. The predicted molar refractivity (Wildman–Crippen MR) is 88.0 cm³/mol. The molecule has 0 radical (unpaired) electrons. The summed E-state index contributed by atoms with van der Waals surface area (Å²) in [7, 11) is 1.63. The van der Waals surface area contributed by atoms with Gasteiger partial charge in [0, 0.05) is 19.1 Å². The topological polar surface area (TPSA) is 88.0 Å². The molecule has 1 aromatic carbocycles. The Kier molecular flexibility index (Phi) is 6.73. The molecule has 0 unspecified atom stereocenters. The number of carbonyl (C=O) groups is 2. The fourth-order valence-corrected chi connectivity index (χ4v) is 2.36. The van der Waals surface area contributed by atoms with Crippen LogP contribution in [0, 0.1) is 12.5 Å². The van der Waals surface area contributed by atoms with Crippen LogP contribution in [-0.4, -0.2) is 41.0 Å². The van der Waals surface area contributed by atoms with Crippen molar-refractivity contribution in [3.05, 3.63) is 41.2 Å². The Labute approximate surface area is 136 Å². The minimum atomic E-state index is -1.04. The number of carboxylic acids is 1. The van der Waals surface area contributed by atoms with E-state index in [0.717, 1.165) is 0 Å². The second-order valence-electron chi connectivity index (χ2n) is 5.79. The Hall–Kier alpha value is -2.39. The smallest absolute Gasteiger partial charge is 0.304 e. The molecule has 1 amide bonds. The highest BCUT2D eigenvalue weighted by molar-refractivity contribution is 5.84. The average Bonchev–Trinajstić information content (AvgIpc) is 2.52. The van der Waals surface area contributed by atoms with E-state index in [-0.39, 0.29) is 30.8 Å². The standard InChI is InChI=1S/C17H23N3O3/c1-11(18)12(2)20(4)17(23)14(10-16(21)22)9-13-7-5-6-8-15(13)19-3/h5-8,11-12,14H,9-10,18H2,1-2,4H3,(H,21,22)/t11-,12-,14+/m0/s1. The molecule has 0 aliphatic heterocycles. The van der Waals surface area contributed by atoms with Crippen LogP contribution in [0.1, 0.15) is 25.8 Å². The summed E-state index contributed by atoms with van der Waals surface area (Å²) >= 11 is 0. The first-order valence-corrected chi connectivity index (χ1v) is 7.47. The van der Waals surface area contributed by atoms with E-state index in [0.29, 0.717) is 11.3 Å². The van der Waals surface area contributed by atoms with Crippen LogP contribution < -0.4 is 5.73 Å². The van der Waals surface area contributed by atoms with Gasteiger partial charge in [-0.05, 0) is 25.8 Å². The second-order valence-corrected chi connectivity index (χ2v) is 5.79. The van der Waals surface area contributed by atoms with Gasteiger partial charge in [-0.3, -0.25) is 9.59 Å². The molecule has 6 nitrogen and oxygen atoms in total. The molecule has 1 aromatic rings. The van der Waals surface area contributed by atoms with Gasteiger partial charge in [0.15, 0.2) is 5.69 Å². The first-order chi connectivity index (χ1) is 10.8. The Balaban J connectivity index is 3.03. The summed E-state index contributed by atoms with van der Waals surface area (Å²) in [6, 6.07) is 6.53. The summed E-state index contributed by atoms with van der Waals surface area (Å²) in [6.07, 6.45) is -0.0547. The highest BCUT2D eigenvalue weighted by Gasteiger charge is 2.29. The van der Waals surface area contributed by atoms with E-state index in [4.69, 9.17) is 17.4 Å². The van der Waals surface area contributed by atoms with Crippen LogP contribution in [0.4, 0.5) is 5.69 Å². The van der Waals surface area contributed by atoms with E-state index in [1.807, 2.05) is 6.92 Å². The van der Waals surface area contributed by atoms with Gasteiger partial charge >= 0.3 is 5.97 Å². The fraction of sp³-hybridized carbons (Fsp3) is 0.471. The Morgan fingerprint density at radius 2 is 1.96 bits per heavy atom. The number of para-hydroxylation sites is 1. The van der Waals surface area contributed by atoms with Crippen LogP contribution >= 0.6 is 0 Å². The van der Waals surface area contributed by atoms with Crippen molar-refractivity contribution in [2.24, 2.45) is 11.7 Å². The number of rotatable bonds is 7. The van der Waals surface area contributed by atoms with E-state index in [2.05, 4.69) is 4.85 Å². The zero-order valence-corrected chi connectivity index (χ0v) is 13.7. The highest BCUT2D eigenvalue weighted by Crippen LogP contribution is 2.24. The second kappa shape index (κ2) is 8.30. The molecule has 3 atom stereocenters. The average molecular weight is 317 g/mol. The van der Waals surface area contributed by atoms with Crippen molar-refractivity contribution >= 4 is 17.6 Å². The van der Waals surface area contributed by atoms with Crippen LogP contribution in [0.2, 0.25) is 0 Å². The van der Waals surface area contributed by atoms with Gasteiger partial charge < -0.3 is 15.7 Å². The lowest BCUT2D eigenvalue weighted by Crippen LogP contribution is -2.48. The third kappa shape index (κ3) is 5.08. The number of nitrogens with zero attached hydrogens (tertiary/aromatic N) is 2. The van der Waals surface area contributed by atoms with Gasteiger partial charge in [-0.1, -0.05) is 24.3 Å². The molecule has 0 aromatic heterocycles. The number of nitrogens with two attached hydrogens (primary N) is 1. The number of hydrogen-bond acceptors (Lipinski definition) is 3. The summed E-state index contributed by atoms with van der Waals surface area (Å²) < 4.78 is 0.